The van der Waals surface area contributed by atoms with Gasteiger partial charge in [-0.15, -0.1) is 0 Å². The first-order valence-corrected chi connectivity index (χ1v) is 16.7. The Hall–Kier alpha value is -3.44. The van der Waals surface area contributed by atoms with Crippen LogP contribution in [0, 0.1) is 16.2 Å². The average molecular weight is 645 g/mol. The molecular formula is C34H56N6O6. The largest absolute Gasteiger partial charge is 0.354 e. The molecule has 5 N–H and O–H groups in total. The molecule has 12 heteroatoms. The Bertz CT molecular complexity index is 1220. The first kappa shape index (κ1) is 37.0. The molecule has 12 nitrogen and oxygen atoms in total. The molecule has 6 amide bonds. The monoisotopic (exact) mass is 644 g/mol. The van der Waals surface area contributed by atoms with E-state index in [1.54, 1.807) is 11.0 Å². The van der Waals surface area contributed by atoms with Crippen molar-refractivity contribution in [3.8, 4) is 0 Å². The summed E-state index contributed by atoms with van der Waals surface area (Å²) in [6.45, 7) is 16.0. The Labute approximate surface area is 274 Å². The average Bonchev–Trinajstić information content (AvgIpc) is 3.25. The van der Waals surface area contributed by atoms with Crippen LogP contribution in [-0.2, 0) is 24.0 Å². The molecule has 1 saturated carbocycles. The molecule has 1 spiro atoms. The van der Waals surface area contributed by atoms with E-state index in [1.807, 2.05) is 47.6 Å². The molecule has 1 aliphatic carbocycles. The maximum absolute atomic E-state index is 14.3. The minimum absolute atomic E-state index is 0.0787. The smallest absolute Gasteiger partial charge is 0.315 e. The van der Waals surface area contributed by atoms with Crippen LogP contribution < -0.4 is 26.6 Å². The van der Waals surface area contributed by atoms with Crippen LogP contribution in [0.25, 0.3) is 0 Å². The van der Waals surface area contributed by atoms with Gasteiger partial charge in [0.25, 0.3) is 5.91 Å². The van der Waals surface area contributed by atoms with E-state index >= 15 is 0 Å². The molecule has 258 valence electrons. The zero-order chi connectivity index (χ0) is 34.5. The normalized spacial score (nSPS) is 27.7. The van der Waals surface area contributed by atoms with Crippen LogP contribution in [0.3, 0.4) is 0 Å². The van der Waals surface area contributed by atoms with Crippen molar-refractivity contribution in [3.05, 3.63) is 12.2 Å². The van der Waals surface area contributed by atoms with Crippen LogP contribution in [0.5, 0.6) is 0 Å². The molecule has 0 aromatic heterocycles. The van der Waals surface area contributed by atoms with E-state index < -0.39 is 52.7 Å². The van der Waals surface area contributed by atoms with Crippen molar-refractivity contribution in [1.82, 2.24) is 31.5 Å². The van der Waals surface area contributed by atoms with E-state index in [0.29, 0.717) is 19.4 Å². The van der Waals surface area contributed by atoms with Gasteiger partial charge >= 0.3 is 6.03 Å². The fraction of sp³-hybridized carbons (Fsp3) is 0.765. The Morgan fingerprint density at radius 1 is 0.957 bits per heavy atom. The molecule has 2 heterocycles. The number of hydrogen-bond acceptors (Lipinski definition) is 6. The number of ketones is 1. The van der Waals surface area contributed by atoms with Crippen molar-refractivity contribution in [2.75, 3.05) is 19.6 Å². The van der Waals surface area contributed by atoms with Gasteiger partial charge < -0.3 is 31.5 Å². The van der Waals surface area contributed by atoms with Crippen LogP contribution in [0.4, 0.5) is 4.79 Å². The number of Topliss-reactive ketones (excluding diaryl/α,β-unsaturated/α-hetero) is 1. The fourth-order valence-electron chi connectivity index (χ4n) is 6.48. The van der Waals surface area contributed by atoms with Crippen molar-refractivity contribution < 1.29 is 28.8 Å². The maximum atomic E-state index is 14.3. The molecule has 0 aromatic carbocycles. The van der Waals surface area contributed by atoms with Crippen molar-refractivity contribution in [3.63, 3.8) is 0 Å². The van der Waals surface area contributed by atoms with E-state index in [2.05, 4.69) is 40.4 Å². The molecule has 0 radical (unpaired) electrons. The standard InChI is InChI=1S/C34H56N6O6/c1-31(2,3)26(38-30(46)39-32(4,5)6)29(45)40-21-34(20-33(34,7)8)19-23(40)27(43)37-22-15-13-11-9-10-12-14-16-24(41)35-17-18-36-28(44)25(22)42/h11,13,22-23,26H,9-10,12,14-21H2,1-8H3,(H,35,41)(H,36,44)(H,37,43)(H2,38,39,46)/b13-11+/t22?,23-,26+,34-/m0/s1. The third-order valence-electron chi connectivity index (χ3n) is 9.39. The second-order valence-electron chi connectivity index (χ2n) is 16.0. The fourth-order valence-corrected chi connectivity index (χ4v) is 6.48. The Morgan fingerprint density at radius 2 is 1.61 bits per heavy atom. The van der Waals surface area contributed by atoms with Crippen LogP contribution in [0.1, 0.15) is 107 Å². The van der Waals surface area contributed by atoms with Gasteiger partial charge in [-0.2, -0.15) is 0 Å². The summed E-state index contributed by atoms with van der Waals surface area (Å²) in [7, 11) is 0. The third-order valence-corrected chi connectivity index (χ3v) is 9.39. The third kappa shape index (κ3) is 9.78. The molecule has 1 unspecified atom stereocenters. The summed E-state index contributed by atoms with van der Waals surface area (Å²) in [4.78, 5) is 80.9. The van der Waals surface area contributed by atoms with Gasteiger partial charge in [0.1, 0.15) is 18.1 Å². The Kier molecular flexibility index (Phi) is 11.7. The lowest BCUT2D eigenvalue weighted by molar-refractivity contribution is -0.143. The van der Waals surface area contributed by atoms with Gasteiger partial charge in [0, 0.05) is 31.6 Å². The van der Waals surface area contributed by atoms with Crippen LogP contribution in [-0.4, -0.2) is 83.6 Å². The van der Waals surface area contributed by atoms with Crippen molar-refractivity contribution in [2.45, 2.75) is 130 Å². The number of hydrogen-bond donors (Lipinski definition) is 5. The lowest BCUT2D eigenvalue weighted by Gasteiger charge is -2.36. The highest BCUT2D eigenvalue weighted by atomic mass is 16.2. The van der Waals surface area contributed by atoms with Crippen LogP contribution in [0.2, 0.25) is 0 Å². The summed E-state index contributed by atoms with van der Waals surface area (Å²) in [5.74, 6) is -2.59. The summed E-state index contributed by atoms with van der Waals surface area (Å²) in [5, 5.41) is 13.8. The van der Waals surface area contributed by atoms with Gasteiger partial charge in [-0.05, 0) is 75.5 Å². The van der Waals surface area contributed by atoms with E-state index in [0.717, 1.165) is 32.1 Å². The highest BCUT2D eigenvalue weighted by molar-refractivity contribution is 6.38. The lowest BCUT2D eigenvalue weighted by Crippen LogP contribution is -2.61. The van der Waals surface area contributed by atoms with E-state index in [-0.39, 0.29) is 42.2 Å². The van der Waals surface area contributed by atoms with Gasteiger partial charge in [-0.25, -0.2) is 4.79 Å². The predicted molar refractivity (Wildman–Crippen MR) is 175 cm³/mol. The summed E-state index contributed by atoms with van der Waals surface area (Å²) in [6, 6.07) is -3.39. The predicted octanol–water partition coefficient (Wildman–Crippen LogP) is 2.71. The van der Waals surface area contributed by atoms with Crippen LogP contribution in [0.15, 0.2) is 12.2 Å². The van der Waals surface area contributed by atoms with Gasteiger partial charge in [0.05, 0.1) is 0 Å². The number of likely N-dealkylation sites (tertiary alicyclic amines) is 1. The summed E-state index contributed by atoms with van der Waals surface area (Å²) in [6.07, 6.45) is 8.81. The Morgan fingerprint density at radius 3 is 2.22 bits per heavy atom. The molecule has 2 aliphatic heterocycles. The van der Waals surface area contributed by atoms with Crippen molar-refractivity contribution in [1.29, 1.82) is 0 Å². The van der Waals surface area contributed by atoms with Gasteiger partial charge in [-0.1, -0.05) is 53.2 Å². The number of carbonyl (C=O) groups excluding carboxylic acids is 6. The topological polar surface area (TPSA) is 166 Å². The first-order chi connectivity index (χ1) is 21.3. The number of allylic oxidation sites excluding steroid dienone is 1. The van der Waals surface area contributed by atoms with Crippen molar-refractivity contribution in [2.24, 2.45) is 16.2 Å². The second kappa shape index (κ2) is 14.5. The number of nitrogens with one attached hydrogen (secondary N) is 5. The van der Waals surface area contributed by atoms with Gasteiger partial charge in [-0.3, -0.25) is 24.0 Å². The Balaban J connectivity index is 1.84. The quantitative estimate of drug-likeness (QED) is 0.233. The highest BCUT2D eigenvalue weighted by Gasteiger charge is 2.67. The minimum Gasteiger partial charge on any atom is -0.354 e. The highest BCUT2D eigenvalue weighted by Crippen LogP contribution is 2.69. The first-order valence-electron chi connectivity index (χ1n) is 16.7. The van der Waals surface area contributed by atoms with Crippen molar-refractivity contribution >= 4 is 35.4 Å². The minimum atomic E-state index is -1.12. The summed E-state index contributed by atoms with van der Waals surface area (Å²) in [5.41, 5.74) is -1.51. The molecule has 3 aliphatic rings. The van der Waals surface area contributed by atoms with Gasteiger partial charge in [0.15, 0.2) is 0 Å². The number of rotatable bonds is 4. The molecule has 0 aromatic rings. The summed E-state index contributed by atoms with van der Waals surface area (Å²) >= 11 is 0. The number of amides is 6. The molecule has 4 atom stereocenters. The van der Waals surface area contributed by atoms with Gasteiger partial charge in [0.2, 0.25) is 23.5 Å². The van der Waals surface area contributed by atoms with E-state index in [9.17, 15) is 28.8 Å². The van der Waals surface area contributed by atoms with Crippen LogP contribution >= 0.6 is 0 Å². The maximum Gasteiger partial charge on any atom is 0.315 e. The molecule has 1 saturated heterocycles. The number of nitrogens with zero attached hydrogens (tertiary/aromatic N) is 1. The number of urea groups is 1. The molecular weight excluding hydrogens is 588 g/mol. The molecule has 3 rings (SSSR count). The lowest BCUT2D eigenvalue weighted by atomic mass is 9.85. The molecule has 0 bridgehead atoms. The zero-order valence-electron chi connectivity index (χ0n) is 29.1. The van der Waals surface area contributed by atoms with E-state index in [1.165, 1.54) is 0 Å². The summed E-state index contributed by atoms with van der Waals surface area (Å²) < 4.78 is 0. The SMILES string of the molecule is CC(C)(C)NC(=O)N[C@H](C(=O)N1C[C@]2(C[C@H]1C(=O)NC1C/C=C/CCCCCC(=O)NCCNC(=O)C1=O)CC2(C)C)C(C)(C)C. The number of carbonyl (C=O) groups is 6. The van der Waals surface area contributed by atoms with E-state index in [4.69, 9.17) is 0 Å². The zero-order valence-corrected chi connectivity index (χ0v) is 29.1. The molecule has 2 fully saturated rings. The second-order valence-corrected chi connectivity index (χ2v) is 16.0. The molecule has 46 heavy (non-hydrogen) atoms.